The van der Waals surface area contributed by atoms with Gasteiger partial charge in [0, 0.05) is 6.04 Å². The van der Waals surface area contributed by atoms with Crippen LogP contribution in [0.4, 0.5) is 0 Å². The Labute approximate surface area is 97.0 Å². The highest BCUT2D eigenvalue weighted by atomic mass is 14.9. The van der Waals surface area contributed by atoms with Gasteiger partial charge in [0.1, 0.15) is 0 Å². The zero-order chi connectivity index (χ0) is 11.7. The Morgan fingerprint density at radius 2 is 1.67 bits per heavy atom. The highest BCUT2D eigenvalue weighted by molar-refractivity contribution is 4.79. The monoisotopic (exact) mass is 213 g/mol. The summed E-state index contributed by atoms with van der Waals surface area (Å²) in [6, 6.07) is 0.733. The van der Waals surface area contributed by atoms with Crippen molar-refractivity contribution >= 4 is 0 Å². The Morgan fingerprint density at radius 1 is 1.00 bits per heavy atom. The smallest absolute Gasteiger partial charge is 0.0121 e. The minimum atomic E-state index is 0.733. The van der Waals surface area contributed by atoms with E-state index in [1.54, 1.807) is 0 Å². The van der Waals surface area contributed by atoms with Crippen molar-refractivity contribution in [3.8, 4) is 0 Å². The maximum atomic E-state index is 3.69. The number of rotatable bonds is 9. The summed E-state index contributed by atoms with van der Waals surface area (Å²) in [5, 5.41) is 3.69. The van der Waals surface area contributed by atoms with Crippen molar-refractivity contribution in [1.29, 1.82) is 0 Å². The first-order chi connectivity index (χ1) is 7.21. The van der Waals surface area contributed by atoms with E-state index in [1.165, 1.54) is 32.1 Å². The van der Waals surface area contributed by atoms with Gasteiger partial charge in [0.25, 0.3) is 0 Å². The Kier molecular flexibility index (Phi) is 9.18. The minimum Gasteiger partial charge on any atom is -0.314 e. The lowest BCUT2D eigenvalue weighted by Gasteiger charge is -2.31. The van der Waals surface area contributed by atoms with E-state index in [1.807, 2.05) is 0 Å². The summed E-state index contributed by atoms with van der Waals surface area (Å²) in [6.07, 6.45) is 6.73. The third kappa shape index (κ3) is 5.55. The molecule has 3 unspecified atom stereocenters. The maximum absolute atomic E-state index is 3.69. The van der Waals surface area contributed by atoms with Crippen LogP contribution in [0.3, 0.4) is 0 Å². The molecule has 0 saturated heterocycles. The van der Waals surface area contributed by atoms with Crippen LogP contribution in [0.5, 0.6) is 0 Å². The highest BCUT2D eigenvalue weighted by Crippen LogP contribution is 2.23. The molecule has 0 radical (unpaired) electrons. The third-order valence-corrected chi connectivity index (χ3v) is 3.66. The second-order valence-corrected chi connectivity index (χ2v) is 4.78. The Hall–Kier alpha value is -0.0400. The fourth-order valence-electron chi connectivity index (χ4n) is 2.43. The number of unbranched alkanes of at least 4 members (excludes halogenated alkanes) is 1. The molecule has 15 heavy (non-hydrogen) atoms. The summed E-state index contributed by atoms with van der Waals surface area (Å²) < 4.78 is 0. The third-order valence-electron chi connectivity index (χ3n) is 3.66. The predicted octanol–water partition coefficient (Wildman–Crippen LogP) is 4.23. The molecule has 0 saturated carbocycles. The largest absolute Gasteiger partial charge is 0.314 e. The van der Waals surface area contributed by atoms with Gasteiger partial charge in [-0.15, -0.1) is 0 Å². The lowest BCUT2D eigenvalue weighted by Crippen LogP contribution is -2.41. The molecule has 0 aromatic heterocycles. The van der Waals surface area contributed by atoms with Gasteiger partial charge in [-0.25, -0.2) is 0 Å². The molecule has 1 nitrogen and oxygen atoms in total. The first kappa shape index (κ1) is 15.0. The fraction of sp³-hybridized carbons (Fsp3) is 1.00. The fourth-order valence-corrected chi connectivity index (χ4v) is 2.43. The summed E-state index contributed by atoms with van der Waals surface area (Å²) in [4.78, 5) is 0. The van der Waals surface area contributed by atoms with Crippen molar-refractivity contribution in [3.63, 3.8) is 0 Å². The molecule has 0 aromatic carbocycles. The van der Waals surface area contributed by atoms with Gasteiger partial charge in [0.2, 0.25) is 0 Å². The Morgan fingerprint density at radius 3 is 2.07 bits per heavy atom. The van der Waals surface area contributed by atoms with Crippen LogP contribution in [0.25, 0.3) is 0 Å². The molecule has 0 amide bonds. The molecule has 92 valence electrons. The first-order valence-electron chi connectivity index (χ1n) is 6.94. The zero-order valence-corrected chi connectivity index (χ0v) is 11.5. The van der Waals surface area contributed by atoms with Crippen LogP contribution in [0, 0.1) is 11.8 Å². The van der Waals surface area contributed by atoms with Crippen LogP contribution in [-0.2, 0) is 0 Å². The zero-order valence-electron chi connectivity index (χ0n) is 11.5. The van der Waals surface area contributed by atoms with Gasteiger partial charge in [-0.3, -0.25) is 0 Å². The predicted molar refractivity (Wildman–Crippen MR) is 70.2 cm³/mol. The average Bonchev–Trinajstić information content (AvgIpc) is 2.27. The molecule has 0 spiro atoms. The van der Waals surface area contributed by atoms with Crippen LogP contribution >= 0.6 is 0 Å². The van der Waals surface area contributed by atoms with E-state index in [9.17, 15) is 0 Å². The maximum Gasteiger partial charge on any atom is 0.0121 e. The van der Waals surface area contributed by atoms with Crippen molar-refractivity contribution in [2.45, 2.75) is 72.8 Å². The van der Waals surface area contributed by atoms with Gasteiger partial charge in [0.15, 0.2) is 0 Å². The van der Waals surface area contributed by atoms with Crippen molar-refractivity contribution in [2.75, 3.05) is 6.54 Å². The molecular weight excluding hydrogens is 182 g/mol. The van der Waals surface area contributed by atoms with Crippen LogP contribution in [0.2, 0.25) is 0 Å². The van der Waals surface area contributed by atoms with Gasteiger partial charge in [-0.1, -0.05) is 60.3 Å². The normalized spacial score (nSPS) is 17.4. The molecule has 0 heterocycles. The molecule has 0 aromatic rings. The molecule has 0 fully saturated rings. The van der Waals surface area contributed by atoms with E-state index in [-0.39, 0.29) is 0 Å². The summed E-state index contributed by atoms with van der Waals surface area (Å²) in [5.41, 5.74) is 0. The molecule has 0 aliphatic heterocycles. The van der Waals surface area contributed by atoms with E-state index in [0.29, 0.717) is 0 Å². The molecule has 0 bridgehead atoms. The Balaban J connectivity index is 4.25. The highest BCUT2D eigenvalue weighted by Gasteiger charge is 2.22. The van der Waals surface area contributed by atoms with E-state index in [0.717, 1.165) is 24.4 Å². The van der Waals surface area contributed by atoms with Gasteiger partial charge >= 0.3 is 0 Å². The molecule has 3 atom stereocenters. The summed E-state index contributed by atoms with van der Waals surface area (Å²) >= 11 is 0. The molecule has 0 rings (SSSR count). The standard InChI is InChI=1S/C14H31N/c1-6-10-11-13(8-3)14(15-9-4)12(5)7-2/h12-15H,6-11H2,1-5H3. The van der Waals surface area contributed by atoms with E-state index >= 15 is 0 Å². The van der Waals surface area contributed by atoms with Gasteiger partial charge in [-0.05, 0) is 24.8 Å². The number of nitrogens with one attached hydrogen (secondary N) is 1. The molecular formula is C14H31N. The van der Waals surface area contributed by atoms with Gasteiger partial charge in [-0.2, -0.15) is 0 Å². The lowest BCUT2D eigenvalue weighted by molar-refractivity contribution is 0.245. The van der Waals surface area contributed by atoms with Crippen LogP contribution in [0.1, 0.15) is 66.7 Å². The van der Waals surface area contributed by atoms with Crippen molar-refractivity contribution < 1.29 is 0 Å². The second kappa shape index (κ2) is 9.21. The molecule has 1 N–H and O–H groups in total. The van der Waals surface area contributed by atoms with Crippen molar-refractivity contribution in [1.82, 2.24) is 5.32 Å². The second-order valence-electron chi connectivity index (χ2n) is 4.78. The summed E-state index contributed by atoms with van der Waals surface area (Å²) in [5.74, 6) is 1.69. The number of hydrogen-bond donors (Lipinski definition) is 1. The van der Waals surface area contributed by atoms with Crippen LogP contribution < -0.4 is 5.32 Å². The van der Waals surface area contributed by atoms with Crippen molar-refractivity contribution in [2.24, 2.45) is 11.8 Å². The van der Waals surface area contributed by atoms with Gasteiger partial charge < -0.3 is 5.32 Å². The minimum absolute atomic E-state index is 0.733. The lowest BCUT2D eigenvalue weighted by atomic mass is 9.83. The van der Waals surface area contributed by atoms with Crippen LogP contribution in [-0.4, -0.2) is 12.6 Å². The SMILES string of the molecule is CCCCC(CC)C(NCC)C(C)CC. The first-order valence-corrected chi connectivity index (χ1v) is 6.94. The van der Waals surface area contributed by atoms with E-state index in [2.05, 4.69) is 39.9 Å². The summed E-state index contributed by atoms with van der Waals surface area (Å²) in [7, 11) is 0. The molecule has 0 aliphatic rings. The number of hydrogen-bond acceptors (Lipinski definition) is 1. The van der Waals surface area contributed by atoms with Crippen molar-refractivity contribution in [3.05, 3.63) is 0 Å². The van der Waals surface area contributed by atoms with Crippen LogP contribution in [0.15, 0.2) is 0 Å². The van der Waals surface area contributed by atoms with E-state index in [4.69, 9.17) is 0 Å². The Bertz CT molecular complexity index is 133. The molecule has 1 heteroatoms. The van der Waals surface area contributed by atoms with Gasteiger partial charge in [0.05, 0.1) is 0 Å². The quantitative estimate of drug-likeness (QED) is 0.604. The molecule has 0 aliphatic carbocycles. The average molecular weight is 213 g/mol. The van der Waals surface area contributed by atoms with E-state index < -0.39 is 0 Å². The topological polar surface area (TPSA) is 12.0 Å². The summed E-state index contributed by atoms with van der Waals surface area (Å²) in [6.45, 7) is 12.7.